The molecule has 1 aromatic carbocycles. The van der Waals surface area contributed by atoms with Crippen LogP contribution in [-0.2, 0) is 19.4 Å². The van der Waals surface area contributed by atoms with Gasteiger partial charge in [-0.05, 0) is 48.4 Å². The van der Waals surface area contributed by atoms with E-state index in [1.807, 2.05) is 29.6 Å². The number of fused-ring (bicyclic) bond motifs is 1. The molecule has 1 heterocycles. The van der Waals surface area contributed by atoms with Crippen LogP contribution in [0.25, 0.3) is 0 Å². The average Bonchev–Trinajstić information content (AvgIpc) is 2.89. The van der Waals surface area contributed by atoms with Gasteiger partial charge in [0.05, 0.1) is 5.56 Å². The van der Waals surface area contributed by atoms with E-state index in [-0.39, 0.29) is 5.91 Å². The second-order valence-corrected chi connectivity index (χ2v) is 7.11. The van der Waals surface area contributed by atoms with Gasteiger partial charge >= 0.3 is 0 Å². The van der Waals surface area contributed by atoms with Crippen LogP contribution in [0.5, 0.6) is 0 Å². The van der Waals surface area contributed by atoms with Gasteiger partial charge in [0.15, 0.2) is 0 Å². The van der Waals surface area contributed by atoms with Crippen LogP contribution in [0.1, 0.15) is 39.7 Å². The van der Waals surface area contributed by atoms with Crippen LogP contribution in [0.2, 0.25) is 5.02 Å². The average molecular weight is 320 g/mol. The summed E-state index contributed by atoms with van der Waals surface area (Å²) >= 11 is 7.59. The van der Waals surface area contributed by atoms with E-state index < -0.39 is 0 Å². The molecule has 3 rings (SSSR count). The van der Waals surface area contributed by atoms with Gasteiger partial charge in [0.2, 0.25) is 0 Å². The Morgan fingerprint density at radius 2 is 2.14 bits per heavy atom. The Bertz CT molecular complexity index is 647. The highest BCUT2D eigenvalue weighted by Gasteiger charge is 2.22. The third-order valence-electron chi connectivity index (χ3n) is 4.01. The van der Waals surface area contributed by atoms with Crippen LogP contribution in [0.3, 0.4) is 0 Å². The van der Waals surface area contributed by atoms with Gasteiger partial charge in [-0.1, -0.05) is 30.7 Å². The Labute approximate surface area is 134 Å². The Balaban J connectivity index is 1.67. The molecular formula is C17H18ClNOS. The summed E-state index contributed by atoms with van der Waals surface area (Å²) < 4.78 is 0. The molecule has 21 heavy (non-hydrogen) atoms. The number of benzene rings is 1. The first kappa shape index (κ1) is 14.6. The summed E-state index contributed by atoms with van der Waals surface area (Å²) in [6, 6.07) is 7.56. The van der Waals surface area contributed by atoms with Crippen molar-refractivity contribution in [2.24, 2.45) is 5.92 Å². The van der Waals surface area contributed by atoms with E-state index >= 15 is 0 Å². The number of amides is 1. The van der Waals surface area contributed by atoms with E-state index in [1.165, 1.54) is 16.9 Å². The fourth-order valence-electron chi connectivity index (χ4n) is 2.75. The first-order valence-electron chi connectivity index (χ1n) is 7.25. The van der Waals surface area contributed by atoms with E-state index in [4.69, 9.17) is 11.6 Å². The molecule has 4 heteroatoms. The van der Waals surface area contributed by atoms with Crippen molar-refractivity contribution >= 4 is 28.8 Å². The second-order valence-electron chi connectivity index (χ2n) is 5.71. The zero-order valence-electron chi connectivity index (χ0n) is 12.0. The molecule has 0 unspecified atom stereocenters. The van der Waals surface area contributed by atoms with Crippen molar-refractivity contribution in [1.82, 2.24) is 5.32 Å². The summed E-state index contributed by atoms with van der Waals surface area (Å²) in [5.74, 6) is 0.776. The van der Waals surface area contributed by atoms with E-state index in [0.717, 1.165) is 29.9 Å². The lowest BCUT2D eigenvalue weighted by Gasteiger charge is -2.18. The minimum Gasteiger partial charge on any atom is -0.348 e. The van der Waals surface area contributed by atoms with Crippen LogP contribution in [0.15, 0.2) is 29.6 Å². The topological polar surface area (TPSA) is 29.1 Å². The zero-order valence-corrected chi connectivity index (χ0v) is 13.6. The largest absolute Gasteiger partial charge is 0.348 e. The predicted octanol–water partition coefficient (Wildman–Crippen LogP) is 4.46. The lowest BCUT2D eigenvalue weighted by Crippen LogP contribution is -2.24. The van der Waals surface area contributed by atoms with Crippen molar-refractivity contribution in [3.63, 3.8) is 0 Å². The molecule has 2 nitrogen and oxygen atoms in total. The van der Waals surface area contributed by atoms with Crippen LogP contribution in [0.4, 0.5) is 0 Å². The van der Waals surface area contributed by atoms with Crippen molar-refractivity contribution in [3.05, 3.63) is 56.2 Å². The number of carbonyl (C=O) groups excluding carboxylic acids is 1. The first-order valence-corrected chi connectivity index (χ1v) is 8.51. The first-order chi connectivity index (χ1) is 10.1. The van der Waals surface area contributed by atoms with Crippen molar-refractivity contribution < 1.29 is 4.79 Å². The van der Waals surface area contributed by atoms with Crippen LogP contribution >= 0.6 is 22.9 Å². The van der Waals surface area contributed by atoms with Gasteiger partial charge < -0.3 is 5.32 Å². The third-order valence-corrected chi connectivity index (χ3v) is 5.32. The quantitative estimate of drug-likeness (QED) is 0.889. The Hall–Kier alpha value is -1.32. The second kappa shape index (κ2) is 6.20. The smallest absolute Gasteiger partial charge is 0.252 e. The zero-order chi connectivity index (χ0) is 14.8. The maximum Gasteiger partial charge on any atom is 0.252 e. The predicted molar refractivity (Wildman–Crippen MR) is 88.1 cm³/mol. The molecule has 1 aromatic heterocycles. The summed E-state index contributed by atoms with van der Waals surface area (Å²) in [6.45, 7) is 2.82. The molecule has 0 saturated heterocycles. The normalized spacial score (nSPS) is 17.3. The summed E-state index contributed by atoms with van der Waals surface area (Å²) in [7, 11) is 0. The van der Waals surface area contributed by atoms with Gasteiger partial charge in [0.25, 0.3) is 5.91 Å². The molecule has 2 aromatic rings. The maximum absolute atomic E-state index is 12.4. The monoisotopic (exact) mass is 319 g/mol. The molecule has 0 spiro atoms. The lowest BCUT2D eigenvalue weighted by molar-refractivity contribution is 0.0950. The van der Waals surface area contributed by atoms with Crippen LogP contribution < -0.4 is 5.32 Å². The Morgan fingerprint density at radius 3 is 2.90 bits per heavy atom. The lowest BCUT2D eigenvalue weighted by atomic mass is 9.88. The number of hydrogen-bond acceptors (Lipinski definition) is 2. The molecule has 1 N–H and O–H groups in total. The number of halogens is 1. The Morgan fingerprint density at radius 1 is 1.38 bits per heavy atom. The minimum atomic E-state index is 0.0389. The van der Waals surface area contributed by atoms with Gasteiger partial charge in [-0.2, -0.15) is 0 Å². The molecular weight excluding hydrogens is 302 g/mol. The maximum atomic E-state index is 12.4. The fourth-order valence-corrected chi connectivity index (χ4v) is 4.12. The minimum absolute atomic E-state index is 0.0389. The van der Waals surface area contributed by atoms with Gasteiger partial charge in [0.1, 0.15) is 0 Å². The van der Waals surface area contributed by atoms with Gasteiger partial charge in [-0.15, -0.1) is 11.3 Å². The molecule has 1 amide bonds. The number of carbonyl (C=O) groups is 1. The fraction of sp³-hybridized carbons (Fsp3) is 0.353. The number of nitrogens with one attached hydrogen (secondary N) is 1. The molecule has 1 aliphatic carbocycles. The van der Waals surface area contributed by atoms with E-state index in [9.17, 15) is 4.79 Å². The molecule has 0 fully saturated rings. The highest BCUT2D eigenvalue weighted by Crippen LogP contribution is 2.32. The SMILES string of the molecule is C[C@@H]1CCc2c(C(=O)NCc3ccc(Cl)cc3)csc2C1. The van der Waals surface area contributed by atoms with Gasteiger partial charge in [-0.3, -0.25) is 4.79 Å². The molecule has 110 valence electrons. The summed E-state index contributed by atoms with van der Waals surface area (Å²) in [6.07, 6.45) is 3.33. The van der Waals surface area contributed by atoms with E-state index in [2.05, 4.69) is 12.2 Å². The summed E-state index contributed by atoms with van der Waals surface area (Å²) in [5, 5.41) is 5.73. The van der Waals surface area contributed by atoms with Crippen molar-refractivity contribution in [1.29, 1.82) is 0 Å². The third kappa shape index (κ3) is 3.30. The van der Waals surface area contributed by atoms with Crippen molar-refractivity contribution in [2.45, 2.75) is 32.7 Å². The molecule has 0 saturated carbocycles. The molecule has 1 aliphatic rings. The summed E-state index contributed by atoms with van der Waals surface area (Å²) in [4.78, 5) is 13.8. The highest BCUT2D eigenvalue weighted by atomic mass is 35.5. The summed E-state index contributed by atoms with van der Waals surface area (Å²) in [5.41, 5.74) is 3.20. The van der Waals surface area contributed by atoms with Crippen LogP contribution in [0, 0.1) is 5.92 Å². The number of thiophene rings is 1. The molecule has 0 bridgehead atoms. The highest BCUT2D eigenvalue weighted by molar-refractivity contribution is 7.10. The van der Waals surface area contributed by atoms with Crippen LogP contribution in [-0.4, -0.2) is 5.91 Å². The standard InChI is InChI=1S/C17H18ClNOS/c1-11-2-7-14-15(10-21-16(14)8-11)17(20)19-9-12-3-5-13(18)6-4-12/h3-6,10-11H,2,7-9H2,1H3,(H,19,20)/t11-/m1/s1. The van der Waals surface area contributed by atoms with Gasteiger partial charge in [-0.25, -0.2) is 0 Å². The number of rotatable bonds is 3. The number of hydrogen-bond donors (Lipinski definition) is 1. The Kier molecular flexibility index (Phi) is 4.32. The van der Waals surface area contributed by atoms with Crippen molar-refractivity contribution in [3.8, 4) is 0 Å². The van der Waals surface area contributed by atoms with E-state index in [1.54, 1.807) is 11.3 Å². The molecule has 1 atom stereocenters. The van der Waals surface area contributed by atoms with Gasteiger partial charge in [0, 0.05) is 21.8 Å². The molecule has 0 aliphatic heterocycles. The van der Waals surface area contributed by atoms with E-state index in [0.29, 0.717) is 11.6 Å². The van der Waals surface area contributed by atoms with Crippen molar-refractivity contribution in [2.75, 3.05) is 0 Å². The molecule has 0 radical (unpaired) electrons.